The largest absolute Gasteiger partial charge is 0.394 e. The average molecular weight is 231 g/mol. The summed E-state index contributed by atoms with van der Waals surface area (Å²) in [5.41, 5.74) is 7.31. The number of aryl methyl sites for hydroxylation is 2. The first-order valence-electron chi connectivity index (χ1n) is 5.10. The summed E-state index contributed by atoms with van der Waals surface area (Å²) in [7, 11) is 1.71. The summed E-state index contributed by atoms with van der Waals surface area (Å²) in [6.07, 6.45) is 3.06. The molecule has 0 spiro atoms. The van der Waals surface area contributed by atoms with Crippen LogP contribution >= 0.6 is 0 Å². The molecular weight excluding hydrogens is 218 g/mol. The highest BCUT2D eigenvalue weighted by Crippen LogP contribution is 2.17. The summed E-state index contributed by atoms with van der Waals surface area (Å²) in [6, 6.07) is 3.61. The quantitative estimate of drug-likeness (QED) is 0.806. The van der Waals surface area contributed by atoms with Gasteiger partial charge >= 0.3 is 0 Å². The minimum absolute atomic E-state index is 0.293. The Morgan fingerprint density at radius 2 is 2.29 bits per heavy atom. The number of nitrogen functional groups attached to an aromatic ring is 1. The second-order valence-electron chi connectivity index (χ2n) is 3.70. The van der Waals surface area contributed by atoms with Crippen molar-refractivity contribution in [1.82, 2.24) is 14.8 Å². The molecule has 0 aliphatic carbocycles. The van der Waals surface area contributed by atoms with E-state index in [9.17, 15) is 4.79 Å². The molecule has 0 atom stereocenters. The number of nitrogens with two attached hydrogens (primary N) is 1. The van der Waals surface area contributed by atoms with Crippen molar-refractivity contribution in [2.24, 2.45) is 7.05 Å². The molecule has 17 heavy (non-hydrogen) atoms. The first kappa shape index (κ1) is 11.1. The zero-order valence-corrected chi connectivity index (χ0v) is 9.64. The molecule has 0 bridgehead atoms. The standard InChI is InChI=1S/C11H13N5O/c1-7-4-3-5-13-9(7)11(17)15-10-8(12)6-14-16(10)2/h3-6H,12H2,1-2H3,(H,15,17). The molecule has 2 heterocycles. The van der Waals surface area contributed by atoms with Gasteiger partial charge in [-0.3, -0.25) is 14.5 Å². The molecule has 6 nitrogen and oxygen atoms in total. The van der Waals surface area contributed by atoms with Crippen LogP contribution in [0.15, 0.2) is 24.5 Å². The topological polar surface area (TPSA) is 85.8 Å². The van der Waals surface area contributed by atoms with Crippen molar-refractivity contribution >= 4 is 17.4 Å². The third-order valence-electron chi connectivity index (χ3n) is 2.42. The van der Waals surface area contributed by atoms with Gasteiger partial charge in [-0.05, 0) is 18.6 Å². The van der Waals surface area contributed by atoms with E-state index >= 15 is 0 Å². The zero-order valence-electron chi connectivity index (χ0n) is 9.64. The van der Waals surface area contributed by atoms with E-state index in [0.717, 1.165) is 5.56 Å². The molecular formula is C11H13N5O. The SMILES string of the molecule is Cc1cccnc1C(=O)Nc1c(N)cnn1C. The predicted octanol–water partition coefficient (Wildman–Crippen LogP) is 0.958. The molecule has 0 radical (unpaired) electrons. The van der Waals surface area contributed by atoms with E-state index < -0.39 is 0 Å². The van der Waals surface area contributed by atoms with Crippen LogP contribution in [0.25, 0.3) is 0 Å². The van der Waals surface area contributed by atoms with Gasteiger partial charge in [0.1, 0.15) is 5.69 Å². The van der Waals surface area contributed by atoms with Crippen LogP contribution in [0, 0.1) is 6.92 Å². The number of pyridine rings is 1. The lowest BCUT2D eigenvalue weighted by atomic mass is 10.2. The van der Waals surface area contributed by atoms with Crippen molar-refractivity contribution in [1.29, 1.82) is 0 Å². The predicted molar refractivity (Wildman–Crippen MR) is 64.5 cm³/mol. The van der Waals surface area contributed by atoms with Gasteiger partial charge in [-0.2, -0.15) is 5.10 Å². The van der Waals surface area contributed by atoms with Gasteiger partial charge in [0.15, 0.2) is 5.82 Å². The summed E-state index contributed by atoms with van der Waals surface area (Å²) >= 11 is 0. The third kappa shape index (κ3) is 2.10. The van der Waals surface area contributed by atoms with Crippen molar-refractivity contribution in [2.45, 2.75) is 6.92 Å². The normalized spacial score (nSPS) is 10.2. The Morgan fingerprint density at radius 3 is 2.88 bits per heavy atom. The summed E-state index contributed by atoms with van der Waals surface area (Å²) in [4.78, 5) is 16.0. The molecule has 2 rings (SSSR count). The lowest BCUT2D eigenvalue weighted by Gasteiger charge is -2.07. The van der Waals surface area contributed by atoms with Crippen LogP contribution in [-0.2, 0) is 7.05 Å². The molecule has 0 saturated heterocycles. The molecule has 0 aliphatic rings. The molecule has 0 aromatic carbocycles. The fraction of sp³-hybridized carbons (Fsp3) is 0.182. The summed E-state index contributed by atoms with van der Waals surface area (Å²) in [5.74, 6) is 0.179. The molecule has 0 aliphatic heterocycles. The van der Waals surface area contributed by atoms with Gasteiger partial charge in [-0.25, -0.2) is 0 Å². The Labute approximate surface area is 98.5 Å². The van der Waals surface area contributed by atoms with Crippen LogP contribution in [-0.4, -0.2) is 20.7 Å². The van der Waals surface area contributed by atoms with Gasteiger partial charge in [0.2, 0.25) is 0 Å². The Kier molecular flexibility index (Phi) is 2.78. The van der Waals surface area contributed by atoms with Gasteiger partial charge in [0, 0.05) is 13.2 Å². The number of aromatic nitrogens is 3. The molecule has 3 N–H and O–H groups in total. The van der Waals surface area contributed by atoms with Crippen LogP contribution in [0.5, 0.6) is 0 Å². The summed E-state index contributed by atoms with van der Waals surface area (Å²) in [6.45, 7) is 1.83. The Balaban J connectivity index is 2.27. The molecule has 1 amide bonds. The van der Waals surface area contributed by atoms with Gasteiger partial charge < -0.3 is 11.1 Å². The number of nitrogens with one attached hydrogen (secondary N) is 1. The van der Waals surface area contributed by atoms with Crippen LogP contribution in [0.1, 0.15) is 16.1 Å². The fourth-order valence-electron chi connectivity index (χ4n) is 1.50. The smallest absolute Gasteiger partial charge is 0.275 e. The molecule has 6 heteroatoms. The van der Waals surface area contributed by atoms with E-state index in [-0.39, 0.29) is 5.91 Å². The second kappa shape index (κ2) is 4.25. The monoisotopic (exact) mass is 231 g/mol. The van der Waals surface area contributed by atoms with Crippen molar-refractivity contribution in [3.63, 3.8) is 0 Å². The highest BCUT2D eigenvalue weighted by atomic mass is 16.2. The van der Waals surface area contributed by atoms with Crippen molar-refractivity contribution in [2.75, 3.05) is 11.1 Å². The Hall–Kier alpha value is -2.37. The van der Waals surface area contributed by atoms with Gasteiger partial charge in [0.05, 0.1) is 11.9 Å². The highest BCUT2D eigenvalue weighted by molar-refractivity contribution is 6.04. The lowest BCUT2D eigenvalue weighted by molar-refractivity contribution is 0.102. The molecule has 88 valence electrons. The van der Waals surface area contributed by atoms with E-state index in [1.54, 1.807) is 19.3 Å². The summed E-state index contributed by atoms with van der Waals surface area (Å²) in [5, 5.41) is 6.63. The molecule has 0 unspecified atom stereocenters. The lowest BCUT2D eigenvalue weighted by Crippen LogP contribution is -2.18. The van der Waals surface area contributed by atoms with E-state index in [1.165, 1.54) is 10.9 Å². The number of hydrogen-bond acceptors (Lipinski definition) is 4. The molecule has 2 aromatic rings. The maximum atomic E-state index is 12.0. The minimum Gasteiger partial charge on any atom is -0.394 e. The maximum Gasteiger partial charge on any atom is 0.275 e. The second-order valence-corrected chi connectivity index (χ2v) is 3.70. The van der Waals surface area contributed by atoms with E-state index in [2.05, 4.69) is 15.4 Å². The third-order valence-corrected chi connectivity index (χ3v) is 2.42. The first-order valence-corrected chi connectivity index (χ1v) is 5.10. The Morgan fingerprint density at radius 1 is 1.53 bits per heavy atom. The number of nitrogens with zero attached hydrogens (tertiary/aromatic N) is 3. The van der Waals surface area contributed by atoms with Gasteiger partial charge in [-0.15, -0.1) is 0 Å². The van der Waals surface area contributed by atoms with Crippen molar-refractivity contribution in [3.8, 4) is 0 Å². The highest BCUT2D eigenvalue weighted by Gasteiger charge is 2.14. The van der Waals surface area contributed by atoms with Crippen LogP contribution in [0.4, 0.5) is 11.5 Å². The van der Waals surface area contributed by atoms with Crippen LogP contribution < -0.4 is 11.1 Å². The first-order chi connectivity index (χ1) is 8.09. The van der Waals surface area contributed by atoms with Gasteiger partial charge in [-0.1, -0.05) is 6.07 Å². The summed E-state index contributed by atoms with van der Waals surface area (Å²) < 4.78 is 1.51. The van der Waals surface area contributed by atoms with E-state index in [0.29, 0.717) is 17.2 Å². The molecule has 2 aromatic heterocycles. The van der Waals surface area contributed by atoms with Crippen molar-refractivity contribution < 1.29 is 4.79 Å². The fourth-order valence-corrected chi connectivity index (χ4v) is 1.50. The molecule has 0 fully saturated rings. The number of anilines is 2. The van der Waals surface area contributed by atoms with Gasteiger partial charge in [0.25, 0.3) is 5.91 Å². The van der Waals surface area contributed by atoms with Crippen LogP contribution in [0.3, 0.4) is 0 Å². The number of amides is 1. The van der Waals surface area contributed by atoms with Crippen molar-refractivity contribution in [3.05, 3.63) is 35.8 Å². The molecule has 0 saturated carbocycles. The number of carbonyl (C=O) groups excluding carboxylic acids is 1. The number of hydrogen-bond donors (Lipinski definition) is 2. The van der Waals surface area contributed by atoms with Crippen LogP contribution in [0.2, 0.25) is 0 Å². The zero-order chi connectivity index (χ0) is 12.4. The maximum absolute atomic E-state index is 12.0. The number of carbonyl (C=O) groups is 1. The number of rotatable bonds is 2. The average Bonchev–Trinajstić information content (AvgIpc) is 2.61. The minimum atomic E-state index is -0.293. The van der Waals surface area contributed by atoms with E-state index in [1.807, 2.05) is 13.0 Å². The van der Waals surface area contributed by atoms with E-state index in [4.69, 9.17) is 5.73 Å². The Bertz CT molecular complexity index is 541.